The Labute approximate surface area is 112 Å². The van der Waals surface area contributed by atoms with Gasteiger partial charge < -0.3 is 10.0 Å². The van der Waals surface area contributed by atoms with Crippen molar-refractivity contribution in [1.82, 2.24) is 14.9 Å². The van der Waals surface area contributed by atoms with E-state index in [1.54, 1.807) is 0 Å². The van der Waals surface area contributed by atoms with Gasteiger partial charge >= 0.3 is 5.97 Å². The quantitative estimate of drug-likeness (QED) is 0.865. The van der Waals surface area contributed by atoms with Crippen molar-refractivity contribution in [3.05, 3.63) is 18.0 Å². The molecule has 1 aromatic heterocycles. The van der Waals surface area contributed by atoms with Crippen LogP contribution in [-0.2, 0) is 0 Å². The van der Waals surface area contributed by atoms with E-state index in [1.165, 1.54) is 12.3 Å². The van der Waals surface area contributed by atoms with Crippen LogP contribution in [0.1, 0.15) is 24.3 Å². The Hall–Kier alpha value is -1.69. The van der Waals surface area contributed by atoms with Gasteiger partial charge in [-0.3, -0.25) is 4.90 Å². The van der Waals surface area contributed by atoms with Crippen molar-refractivity contribution in [3.8, 4) is 0 Å². The molecule has 2 aliphatic heterocycles. The van der Waals surface area contributed by atoms with E-state index in [0.29, 0.717) is 17.4 Å². The Morgan fingerprint density at radius 3 is 2.63 bits per heavy atom. The van der Waals surface area contributed by atoms with Crippen LogP contribution in [0.5, 0.6) is 0 Å². The largest absolute Gasteiger partial charge is 0.477 e. The number of carboxylic acids is 1. The normalized spacial score (nSPS) is 21.3. The van der Waals surface area contributed by atoms with Gasteiger partial charge in [0, 0.05) is 43.8 Å². The number of hydrogen-bond acceptors (Lipinski definition) is 5. The van der Waals surface area contributed by atoms with Crippen LogP contribution in [0.4, 0.5) is 5.95 Å². The fourth-order valence-corrected chi connectivity index (χ4v) is 2.91. The minimum Gasteiger partial charge on any atom is -0.477 e. The van der Waals surface area contributed by atoms with E-state index in [4.69, 9.17) is 5.11 Å². The zero-order chi connectivity index (χ0) is 13.6. The summed E-state index contributed by atoms with van der Waals surface area (Å²) >= 11 is 0. The zero-order valence-electron chi connectivity index (χ0n) is 11.2. The van der Waals surface area contributed by atoms with Gasteiger partial charge in [-0.2, -0.15) is 0 Å². The van der Waals surface area contributed by atoms with Gasteiger partial charge in [-0.1, -0.05) is 0 Å². The van der Waals surface area contributed by atoms with Gasteiger partial charge in [0.25, 0.3) is 0 Å². The SMILES string of the molecule is CC(C)N1CC2(CN(c3nccc(C(=O)O)n3)C2)C1. The first-order valence-electron chi connectivity index (χ1n) is 6.54. The molecule has 0 unspecified atom stereocenters. The number of aromatic nitrogens is 2. The molecule has 19 heavy (non-hydrogen) atoms. The molecule has 0 saturated carbocycles. The average Bonchev–Trinajstić information content (AvgIpc) is 2.25. The third-order valence-corrected chi connectivity index (χ3v) is 4.00. The standard InChI is InChI=1S/C13H18N4O2/c1-9(2)16-5-13(6-16)7-17(8-13)12-14-4-3-10(15-12)11(18)19/h3-4,9H,5-8H2,1-2H3,(H,18,19). The Bertz CT molecular complexity index is 503. The van der Waals surface area contributed by atoms with E-state index in [9.17, 15) is 4.79 Å². The van der Waals surface area contributed by atoms with Crippen molar-refractivity contribution in [2.24, 2.45) is 5.41 Å². The molecule has 0 amide bonds. The molecule has 2 fully saturated rings. The van der Waals surface area contributed by atoms with Crippen LogP contribution in [0.25, 0.3) is 0 Å². The smallest absolute Gasteiger partial charge is 0.354 e. The maximum absolute atomic E-state index is 10.9. The highest BCUT2D eigenvalue weighted by molar-refractivity contribution is 5.85. The summed E-state index contributed by atoms with van der Waals surface area (Å²) in [6, 6.07) is 2.02. The number of hydrogen-bond donors (Lipinski definition) is 1. The first-order chi connectivity index (χ1) is 8.99. The van der Waals surface area contributed by atoms with Crippen molar-refractivity contribution in [1.29, 1.82) is 0 Å². The minimum absolute atomic E-state index is 0.0587. The second-order valence-corrected chi connectivity index (χ2v) is 5.90. The molecule has 1 spiro atoms. The molecular formula is C13H18N4O2. The lowest BCUT2D eigenvalue weighted by Crippen LogP contribution is -2.73. The molecule has 6 heteroatoms. The number of anilines is 1. The van der Waals surface area contributed by atoms with Crippen LogP contribution in [0, 0.1) is 5.41 Å². The monoisotopic (exact) mass is 262 g/mol. The highest BCUT2D eigenvalue weighted by atomic mass is 16.4. The number of likely N-dealkylation sites (tertiary alicyclic amines) is 1. The summed E-state index contributed by atoms with van der Waals surface area (Å²) in [6.45, 7) is 8.53. The van der Waals surface area contributed by atoms with E-state index >= 15 is 0 Å². The lowest BCUT2D eigenvalue weighted by Gasteiger charge is -2.61. The molecule has 2 aliphatic rings. The number of carboxylic acid groups (broad SMARTS) is 1. The second-order valence-electron chi connectivity index (χ2n) is 5.90. The third-order valence-electron chi connectivity index (χ3n) is 4.00. The Morgan fingerprint density at radius 2 is 2.05 bits per heavy atom. The lowest BCUT2D eigenvalue weighted by atomic mass is 9.72. The summed E-state index contributed by atoms with van der Waals surface area (Å²) in [7, 11) is 0. The molecule has 0 aliphatic carbocycles. The van der Waals surface area contributed by atoms with Gasteiger partial charge in [-0.25, -0.2) is 14.8 Å². The van der Waals surface area contributed by atoms with Gasteiger partial charge in [0.2, 0.25) is 5.95 Å². The van der Waals surface area contributed by atoms with Crippen LogP contribution in [0.3, 0.4) is 0 Å². The molecule has 0 aromatic carbocycles. The number of carbonyl (C=O) groups is 1. The van der Waals surface area contributed by atoms with Crippen molar-refractivity contribution in [3.63, 3.8) is 0 Å². The molecule has 3 heterocycles. The molecule has 0 radical (unpaired) electrons. The topological polar surface area (TPSA) is 69.6 Å². The number of rotatable bonds is 3. The molecular weight excluding hydrogens is 244 g/mol. The Balaban J connectivity index is 1.62. The highest BCUT2D eigenvalue weighted by Crippen LogP contribution is 2.41. The summed E-state index contributed by atoms with van der Waals surface area (Å²) < 4.78 is 0. The Morgan fingerprint density at radius 1 is 1.37 bits per heavy atom. The number of aromatic carboxylic acids is 1. The molecule has 6 nitrogen and oxygen atoms in total. The van der Waals surface area contributed by atoms with Crippen LogP contribution >= 0.6 is 0 Å². The first-order valence-corrected chi connectivity index (χ1v) is 6.54. The highest BCUT2D eigenvalue weighted by Gasteiger charge is 2.52. The number of nitrogens with zero attached hydrogens (tertiary/aromatic N) is 4. The molecule has 0 atom stereocenters. The van der Waals surface area contributed by atoms with Gasteiger partial charge in [0.1, 0.15) is 0 Å². The van der Waals surface area contributed by atoms with E-state index < -0.39 is 5.97 Å². The molecule has 1 aromatic rings. The fourth-order valence-electron chi connectivity index (χ4n) is 2.91. The van der Waals surface area contributed by atoms with Crippen LogP contribution in [0.2, 0.25) is 0 Å². The van der Waals surface area contributed by atoms with Gasteiger partial charge in [-0.05, 0) is 19.9 Å². The third kappa shape index (κ3) is 2.06. The summed E-state index contributed by atoms with van der Waals surface area (Å²) in [6.07, 6.45) is 1.51. The summed E-state index contributed by atoms with van der Waals surface area (Å²) in [5.41, 5.74) is 0.440. The average molecular weight is 262 g/mol. The van der Waals surface area contributed by atoms with E-state index in [-0.39, 0.29) is 5.69 Å². The Kier molecular flexibility index (Phi) is 2.70. The van der Waals surface area contributed by atoms with Gasteiger partial charge in [-0.15, -0.1) is 0 Å². The zero-order valence-corrected chi connectivity index (χ0v) is 11.2. The van der Waals surface area contributed by atoms with Gasteiger partial charge in [0.05, 0.1) is 0 Å². The van der Waals surface area contributed by atoms with E-state index in [2.05, 4.69) is 33.6 Å². The second kappa shape index (κ2) is 4.16. The molecule has 1 N–H and O–H groups in total. The molecule has 2 saturated heterocycles. The van der Waals surface area contributed by atoms with Gasteiger partial charge in [0.15, 0.2) is 5.69 Å². The van der Waals surface area contributed by atoms with Crippen LogP contribution in [0.15, 0.2) is 12.3 Å². The molecule has 102 valence electrons. The van der Waals surface area contributed by atoms with Crippen molar-refractivity contribution in [2.45, 2.75) is 19.9 Å². The minimum atomic E-state index is -1.01. The maximum atomic E-state index is 10.9. The lowest BCUT2D eigenvalue weighted by molar-refractivity contribution is -0.0418. The van der Waals surface area contributed by atoms with E-state index in [0.717, 1.165) is 26.2 Å². The summed E-state index contributed by atoms with van der Waals surface area (Å²) in [5, 5.41) is 8.92. The first kappa shape index (κ1) is 12.3. The van der Waals surface area contributed by atoms with Crippen LogP contribution in [-0.4, -0.2) is 58.2 Å². The predicted octanol–water partition coefficient (Wildman–Crippen LogP) is 0.705. The maximum Gasteiger partial charge on any atom is 0.354 e. The van der Waals surface area contributed by atoms with Crippen molar-refractivity contribution in [2.75, 3.05) is 31.1 Å². The molecule has 3 rings (SSSR count). The summed E-state index contributed by atoms with van der Waals surface area (Å²) in [4.78, 5) is 23.6. The summed E-state index contributed by atoms with van der Waals surface area (Å²) in [5.74, 6) is -0.470. The van der Waals surface area contributed by atoms with Crippen molar-refractivity contribution < 1.29 is 9.90 Å². The fraction of sp³-hybridized carbons (Fsp3) is 0.615. The van der Waals surface area contributed by atoms with E-state index in [1.807, 2.05) is 0 Å². The predicted molar refractivity (Wildman–Crippen MR) is 70.3 cm³/mol. The van der Waals surface area contributed by atoms with Crippen molar-refractivity contribution >= 4 is 11.9 Å². The van der Waals surface area contributed by atoms with Crippen LogP contribution < -0.4 is 4.90 Å². The molecule has 0 bridgehead atoms.